The number of phenols is 2. The molecule has 0 amide bonds. The van der Waals surface area contributed by atoms with Gasteiger partial charge in [-0.05, 0) is 35.4 Å². The Balaban J connectivity index is 2.42. The number of aromatic hydroxyl groups is 2. The maximum Gasteiger partial charge on any atom is 0.122 e. The highest BCUT2D eigenvalue weighted by Crippen LogP contribution is 2.31. The molecule has 0 atom stereocenters. The van der Waals surface area contributed by atoms with Crippen LogP contribution in [-0.2, 0) is 0 Å². The van der Waals surface area contributed by atoms with Crippen molar-refractivity contribution in [1.82, 2.24) is 0 Å². The Bertz CT molecular complexity index is 599. The van der Waals surface area contributed by atoms with Gasteiger partial charge < -0.3 is 10.2 Å². The molecule has 2 aromatic carbocycles. The van der Waals surface area contributed by atoms with Gasteiger partial charge in [-0.3, -0.25) is 0 Å². The summed E-state index contributed by atoms with van der Waals surface area (Å²) in [4.78, 5) is 0. The Hall–Kier alpha value is -2.48. The highest BCUT2D eigenvalue weighted by atomic mass is 16.3. The summed E-state index contributed by atoms with van der Waals surface area (Å²) < 4.78 is 0. The first-order valence-corrected chi connectivity index (χ1v) is 6.47. The van der Waals surface area contributed by atoms with E-state index in [9.17, 15) is 10.2 Å². The van der Waals surface area contributed by atoms with Gasteiger partial charge in [0.05, 0.1) is 0 Å². The molecular formula is C18H18O2. The smallest absolute Gasteiger partial charge is 0.122 e. The van der Waals surface area contributed by atoms with Crippen molar-refractivity contribution < 1.29 is 10.2 Å². The molecule has 0 aliphatic carbocycles. The average Bonchev–Trinajstić information content (AvgIpc) is 2.47. The van der Waals surface area contributed by atoms with E-state index in [0.717, 1.165) is 22.3 Å². The maximum atomic E-state index is 9.69. The van der Waals surface area contributed by atoms with Crippen LogP contribution in [0.15, 0.2) is 49.6 Å². The van der Waals surface area contributed by atoms with Gasteiger partial charge in [0, 0.05) is 17.0 Å². The van der Waals surface area contributed by atoms with Gasteiger partial charge in [0.2, 0.25) is 0 Å². The van der Waals surface area contributed by atoms with E-state index < -0.39 is 0 Å². The molecule has 0 aliphatic heterocycles. The third-order valence-corrected chi connectivity index (χ3v) is 3.54. The van der Waals surface area contributed by atoms with Crippen LogP contribution in [0, 0.1) is 0 Å². The molecule has 0 unspecified atom stereocenters. The van der Waals surface area contributed by atoms with Gasteiger partial charge in [-0.2, -0.15) is 0 Å². The summed E-state index contributed by atoms with van der Waals surface area (Å²) in [6, 6.07) is 11.0. The Morgan fingerprint density at radius 3 is 1.60 bits per heavy atom. The predicted octanol–water partition coefficient (Wildman–Crippen LogP) is 4.54. The van der Waals surface area contributed by atoms with Gasteiger partial charge in [0.15, 0.2) is 0 Å². The lowest BCUT2D eigenvalue weighted by molar-refractivity contribution is 0.473. The molecule has 0 spiro atoms. The van der Waals surface area contributed by atoms with Crippen molar-refractivity contribution in [3.05, 3.63) is 71.8 Å². The molecule has 102 valence electrons. The Labute approximate surface area is 119 Å². The van der Waals surface area contributed by atoms with Crippen molar-refractivity contribution >= 4 is 12.2 Å². The molecule has 0 saturated carbocycles. The number of hydrogen-bond donors (Lipinski definition) is 2. The second-order valence-corrected chi connectivity index (χ2v) is 4.77. The Kier molecular flexibility index (Phi) is 3.94. The lowest BCUT2D eigenvalue weighted by atomic mass is 9.90. The lowest BCUT2D eigenvalue weighted by Gasteiger charge is -2.15. The fourth-order valence-corrected chi connectivity index (χ4v) is 2.20. The largest absolute Gasteiger partial charge is 0.507 e. The molecule has 0 heterocycles. The van der Waals surface area contributed by atoms with Gasteiger partial charge in [-0.25, -0.2) is 0 Å². The molecule has 0 aliphatic rings. The Morgan fingerprint density at radius 1 is 0.850 bits per heavy atom. The first kappa shape index (κ1) is 13.9. The molecule has 0 radical (unpaired) electrons. The van der Waals surface area contributed by atoms with E-state index >= 15 is 0 Å². The summed E-state index contributed by atoms with van der Waals surface area (Å²) in [7, 11) is 0. The van der Waals surface area contributed by atoms with Gasteiger partial charge >= 0.3 is 0 Å². The molecular weight excluding hydrogens is 248 g/mol. The van der Waals surface area contributed by atoms with E-state index in [1.165, 1.54) is 0 Å². The minimum Gasteiger partial charge on any atom is -0.507 e. The van der Waals surface area contributed by atoms with Crippen LogP contribution in [0.3, 0.4) is 0 Å². The van der Waals surface area contributed by atoms with Crippen LogP contribution < -0.4 is 0 Å². The van der Waals surface area contributed by atoms with Crippen molar-refractivity contribution in [1.29, 1.82) is 0 Å². The second kappa shape index (κ2) is 5.66. The molecule has 0 saturated heterocycles. The third kappa shape index (κ3) is 2.59. The summed E-state index contributed by atoms with van der Waals surface area (Å²) in [5.41, 5.74) is 3.60. The molecule has 2 heteroatoms. The van der Waals surface area contributed by atoms with Crippen LogP contribution in [-0.4, -0.2) is 10.2 Å². The molecule has 0 fully saturated rings. The molecule has 2 rings (SSSR count). The standard InChI is InChI=1S/C18H18O2/c1-4-13-10-15(6-8-17(13)19)12(3)16-7-9-18(20)14(5-2)11-16/h4-12,19-20H,1-2H2,3H3. The van der Waals surface area contributed by atoms with E-state index in [1.54, 1.807) is 24.3 Å². The van der Waals surface area contributed by atoms with E-state index in [2.05, 4.69) is 20.1 Å². The molecule has 2 nitrogen and oxygen atoms in total. The van der Waals surface area contributed by atoms with Crippen LogP contribution >= 0.6 is 0 Å². The molecule has 0 bridgehead atoms. The van der Waals surface area contributed by atoms with Crippen LogP contribution in [0.2, 0.25) is 0 Å². The molecule has 2 N–H and O–H groups in total. The van der Waals surface area contributed by atoms with E-state index in [-0.39, 0.29) is 17.4 Å². The number of rotatable bonds is 4. The zero-order valence-electron chi connectivity index (χ0n) is 11.5. The van der Waals surface area contributed by atoms with Gasteiger partial charge in [0.1, 0.15) is 11.5 Å². The van der Waals surface area contributed by atoms with E-state index in [1.807, 2.05) is 24.3 Å². The predicted molar refractivity (Wildman–Crippen MR) is 83.9 cm³/mol. The summed E-state index contributed by atoms with van der Waals surface area (Å²) in [5, 5.41) is 19.4. The fourth-order valence-electron chi connectivity index (χ4n) is 2.20. The van der Waals surface area contributed by atoms with Crippen molar-refractivity contribution in [2.75, 3.05) is 0 Å². The zero-order valence-corrected chi connectivity index (χ0v) is 11.5. The number of benzene rings is 2. The van der Waals surface area contributed by atoms with Gasteiger partial charge in [-0.1, -0.05) is 44.4 Å². The summed E-state index contributed by atoms with van der Waals surface area (Å²) in [6.07, 6.45) is 3.27. The molecule has 20 heavy (non-hydrogen) atoms. The van der Waals surface area contributed by atoms with E-state index in [0.29, 0.717) is 0 Å². The number of phenolic OH excluding ortho intramolecular Hbond substituents is 2. The number of hydrogen-bond acceptors (Lipinski definition) is 2. The van der Waals surface area contributed by atoms with Gasteiger partial charge in [0.25, 0.3) is 0 Å². The van der Waals surface area contributed by atoms with Crippen molar-refractivity contribution in [3.8, 4) is 11.5 Å². The highest BCUT2D eigenvalue weighted by molar-refractivity contribution is 5.59. The van der Waals surface area contributed by atoms with Crippen LogP contribution in [0.4, 0.5) is 0 Å². The van der Waals surface area contributed by atoms with Crippen LogP contribution in [0.1, 0.15) is 35.1 Å². The molecule has 0 aromatic heterocycles. The summed E-state index contributed by atoms with van der Waals surface area (Å²) in [5.74, 6) is 0.607. The Morgan fingerprint density at radius 2 is 1.25 bits per heavy atom. The fraction of sp³-hybridized carbons (Fsp3) is 0.111. The van der Waals surface area contributed by atoms with Crippen molar-refractivity contribution in [2.45, 2.75) is 12.8 Å². The third-order valence-electron chi connectivity index (χ3n) is 3.54. The van der Waals surface area contributed by atoms with Crippen LogP contribution in [0.5, 0.6) is 11.5 Å². The first-order chi connectivity index (χ1) is 9.56. The van der Waals surface area contributed by atoms with E-state index in [4.69, 9.17) is 0 Å². The first-order valence-electron chi connectivity index (χ1n) is 6.47. The highest BCUT2D eigenvalue weighted by Gasteiger charge is 2.11. The average molecular weight is 266 g/mol. The monoisotopic (exact) mass is 266 g/mol. The molecule has 2 aromatic rings. The topological polar surface area (TPSA) is 40.5 Å². The van der Waals surface area contributed by atoms with Gasteiger partial charge in [-0.15, -0.1) is 0 Å². The summed E-state index contributed by atoms with van der Waals surface area (Å²) >= 11 is 0. The maximum absolute atomic E-state index is 9.69. The second-order valence-electron chi connectivity index (χ2n) is 4.77. The SMILES string of the molecule is C=Cc1cc(C(C)c2ccc(O)c(C=C)c2)ccc1O. The van der Waals surface area contributed by atoms with Crippen molar-refractivity contribution in [3.63, 3.8) is 0 Å². The van der Waals surface area contributed by atoms with Crippen molar-refractivity contribution in [2.24, 2.45) is 0 Å². The van der Waals surface area contributed by atoms with Crippen LogP contribution in [0.25, 0.3) is 12.2 Å². The minimum absolute atomic E-state index is 0.147. The lowest BCUT2D eigenvalue weighted by Crippen LogP contribution is -1.97. The zero-order chi connectivity index (χ0) is 14.7. The summed E-state index contributed by atoms with van der Waals surface area (Å²) in [6.45, 7) is 9.48. The minimum atomic E-state index is 0.147. The quantitative estimate of drug-likeness (QED) is 0.853. The normalized spacial score (nSPS) is 10.5.